The molecule has 0 saturated carbocycles. The number of carboxylic acid groups (broad SMARTS) is 1. The first-order valence-electron chi connectivity index (χ1n) is 7.35. The summed E-state index contributed by atoms with van der Waals surface area (Å²) < 4.78 is 10.8. The van der Waals surface area contributed by atoms with Crippen molar-refractivity contribution in [3.63, 3.8) is 0 Å². The van der Waals surface area contributed by atoms with E-state index in [-0.39, 0.29) is 25.0 Å². The van der Waals surface area contributed by atoms with Gasteiger partial charge in [-0.05, 0) is 36.6 Å². The first kappa shape index (κ1) is 16.1. The van der Waals surface area contributed by atoms with Crippen LogP contribution in [0, 0.1) is 5.92 Å². The van der Waals surface area contributed by atoms with Crippen LogP contribution in [0.5, 0.6) is 11.5 Å². The van der Waals surface area contributed by atoms with Crippen LogP contribution in [0.2, 0.25) is 0 Å². The number of carbonyl (C=O) groups excluding carboxylic acids is 1. The van der Waals surface area contributed by atoms with Gasteiger partial charge < -0.3 is 19.5 Å². The van der Waals surface area contributed by atoms with Gasteiger partial charge in [-0.1, -0.05) is 6.92 Å². The lowest BCUT2D eigenvalue weighted by atomic mass is 9.95. The molecule has 0 aromatic heterocycles. The molecule has 2 rings (SSSR count). The Morgan fingerprint density at radius 1 is 1.45 bits per heavy atom. The van der Waals surface area contributed by atoms with Crippen LogP contribution >= 0.6 is 0 Å². The molecular formula is C16H21NO5. The minimum atomic E-state index is -0.999. The third-order valence-corrected chi connectivity index (χ3v) is 3.65. The van der Waals surface area contributed by atoms with E-state index in [1.807, 2.05) is 25.1 Å². The fourth-order valence-corrected chi connectivity index (χ4v) is 2.62. The second kappa shape index (κ2) is 7.15. The highest BCUT2D eigenvalue weighted by Crippen LogP contribution is 2.31. The van der Waals surface area contributed by atoms with Crippen LogP contribution in [0.1, 0.15) is 18.9 Å². The van der Waals surface area contributed by atoms with Gasteiger partial charge in [-0.25, -0.2) is 0 Å². The number of carboxylic acids is 1. The van der Waals surface area contributed by atoms with Crippen LogP contribution in [0.25, 0.3) is 0 Å². The van der Waals surface area contributed by atoms with E-state index < -0.39 is 5.97 Å². The topological polar surface area (TPSA) is 76.1 Å². The third kappa shape index (κ3) is 3.69. The normalized spacial score (nSPS) is 16.4. The molecule has 120 valence electrons. The van der Waals surface area contributed by atoms with E-state index >= 15 is 0 Å². The molecule has 6 nitrogen and oxygen atoms in total. The molecule has 1 heterocycles. The molecule has 0 aliphatic carbocycles. The standard InChI is InChI=1S/C16H21NO5/c1-3-6-17(9-15(18)19)16(20)12-7-11-8-13(21-2)4-5-14(11)22-10-12/h4-5,8,12H,3,6-7,9-10H2,1-2H3,(H,18,19). The number of methoxy groups -OCH3 is 1. The van der Waals surface area contributed by atoms with Crippen LogP contribution < -0.4 is 9.47 Å². The highest BCUT2D eigenvalue weighted by Gasteiger charge is 2.30. The van der Waals surface area contributed by atoms with Crippen molar-refractivity contribution in [2.24, 2.45) is 5.92 Å². The Morgan fingerprint density at radius 2 is 2.23 bits per heavy atom. The summed E-state index contributed by atoms with van der Waals surface area (Å²) in [5.74, 6) is -0.0552. The van der Waals surface area contributed by atoms with Gasteiger partial charge in [0.15, 0.2) is 0 Å². The molecule has 0 radical (unpaired) electrons. The van der Waals surface area contributed by atoms with Crippen molar-refractivity contribution in [1.82, 2.24) is 4.90 Å². The van der Waals surface area contributed by atoms with Gasteiger partial charge in [0, 0.05) is 6.54 Å². The van der Waals surface area contributed by atoms with Crippen molar-refractivity contribution in [1.29, 1.82) is 0 Å². The Hall–Kier alpha value is -2.24. The predicted octanol–water partition coefficient (Wildman–Crippen LogP) is 1.57. The van der Waals surface area contributed by atoms with E-state index in [1.165, 1.54) is 4.90 Å². The van der Waals surface area contributed by atoms with Gasteiger partial charge in [-0.3, -0.25) is 9.59 Å². The average molecular weight is 307 g/mol. The molecule has 1 aliphatic heterocycles. The number of nitrogens with zero attached hydrogens (tertiary/aromatic N) is 1. The summed E-state index contributed by atoms with van der Waals surface area (Å²) in [7, 11) is 1.59. The summed E-state index contributed by atoms with van der Waals surface area (Å²) in [6.45, 7) is 2.36. The van der Waals surface area contributed by atoms with Gasteiger partial charge in [0.1, 0.15) is 24.7 Å². The maximum Gasteiger partial charge on any atom is 0.323 e. The van der Waals surface area contributed by atoms with Gasteiger partial charge in [0.2, 0.25) is 5.91 Å². The Morgan fingerprint density at radius 3 is 2.86 bits per heavy atom. The second-order valence-corrected chi connectivity index (χ2v) is 5.34. The number of hydrogen-bond acceptors (Lipinski definition) is 4. The summed E-state index contributed by atoms with van der Waals surface area (Å²) in [6, 6.07) is 5.50. The van der Waals surface area contributed by atoms with Crippen molar-refractivity contribution in [3.05, 3.63) is 23.8 Å². The number of hydrogen-bond donors (Lipinski definition) is 1. The number of amides is 1. The average Bonchev–Trinajstić information content (AvgIpc) is 2.52. The van der Waals surface area contributed by atoms with E-state index in [4.69, 9.17) is 14.6 Å². The number of aliphatic carboxylic acids is 1. The molecule has 1 aliphatic rings. The summed E-state index contributed by atoms with van der Waals surface area (Å²) in [5, 5.41) is 8.94. The van der Waals surface area contributed by atoms with Crippen LogP contribution in [0.15, 0.2) is 18.2 Å². The fourth-order valence-electron chi connectivity index (χ4n) is 2.62. The molecule has 0 saturated heterocycles. The molecule has 0 bridgehead atoms. The molecule has 22 heavy (non-hydrogen) atoms. The quantitative estimate of drug-likeness (QED) is 0.863. The SMILES string of the molecule is CCCN(CC(=O)O)C(=O)C1COc2ccc(OC)cc2C1. The van der Waals surface area contributed by atoms with E-state index in [2.05, 4.69) is 0 Å². The summed E-state index contributed by atoms with van der Waals surface area (Å²) >= 11 is 0. The lowest BCUT2D eigenvalue weighted by molar-refractivity contribution is -0.147. The smallest absolute Gasteiger partial charge is 0.323 e. The Labute approximate surface area is 129 Å². The van der Waals surface area contributed by atoms with Crippen molar-refractivity contribution in [3.8, 4) is 11.5 Å². The van der Waals surface area contributed by atoms with Crippen LogP contribution in [-0.4, -0.2) is 48.7 Å². The van der Waals surface area contributed by atoms with Crippen LogP contribution in [0.4, 0.5) is 0 Å². The van der Waals surface area contributed by atoms with Gasteiger partial charge in [0.05, 0.1) is 13.0 Å². The zero-order valence-corrected chi connectivity index (χ0v) is 12.9. The zero-order valence-electron chi connectivity index (χ0n) is 12.9. The second-order valence-electron chi connectivity index (χ2n) is 5.34. The Balaban J connectivity index is 2.12. The van der Waals surface area contributed by atoms with Crippen molar-refractivity contribution in [2.75, 3.05) is 26.8 Å². The van der Waals surface area contributed by atoms with Gasteiger partial charge in [-0.15, -0.1) is 0 Å². The number of fused-ring (bicyclic) bond motifs is 1. The van der Waals surface area contributed by atoms with Gasteiger partial charge >= 0.3 is 5.97 Å². The highest BCUT2D eigenvalue weighted by atomic mass is 16.5. The summed E-state index contributed by atoms with van der Waals surface area (Å²) in [6.07, 6.45) is 1.25. The molecule has 0 fully saturated rings. The van der Waals surface area contributed by atoms with Gasteiger partial charge in [0.25, 0.3) is 0 Å². The number of rotatable bonds is 6. The van der Waals surface area contributed by atoms with E-state index in [0.29, 0.717) is 18.7 Å². The molecule has 1 atom stereocenters. The largest absolute Gasteiger partial charge is 0.497 e. The number of benzene rings is 1. The molecule has 1 N–H and O–H groups in total. The maximum atomic E-state index is 12.5. The number of ether oxygens (including phenoxy) is 2. The maximum absolute atomic E-state index is 12.5. The molecule has 1 aromatic carbocycles. The van der Waals surface area contributed by atoms with Gasteiger partial charge in [-0.2, -0.15) is 0 Å². The monoisotopic (exact) mass is 307 g/mol. The molecule has 1 aromatic rings. The highest BCUT2D eigenvalue weighted by molar-refractivity contribution is 5.83. The van der Waals surface area contributed by atoms with Crippen molar-refractivity contribution < 1.29 is 24.2 Å². The first-order valence-corrected chi connectivity index (χ1v) is 7.35. The van der Waals surface area contributed by atoms with E-state index in [1.54, 1.807) is 7.11 Å². The lowest BCUT2D eigenvalue weighted by Gasteiger charge is -2.29. The summed E-state index contributed by atoms with van der Waals surface area (Å²) in [5.41, 5.74) is 0.913. The first-order chi connectivity index (χ1) is 10.5. The third-order valence-electron chi connectivity index (χ3n) is 3.65. The fraction of sp³-hybridized carbons (Fsp3) is 0.500. The van der Waals surface area contributed by atoms with Crippen LogP contribution in [-0.2, 0) is 16.0 Å². The van der Waals surface area contributed by atoms with Crippen LogP contribution in [0.3, 0.4) is 0 Å². The minimum Gasteiger partial charge on any atom is -0.497 e. The molecule has 0 spiro atoms. The molecule has 1 amide bonds. The minimum absolute atomic E-state index is 0.169. The zero-order chi connectivity index (χ0) is 16.1. The summed E-state index contributed by atoms with van der Waals surface area (Å²) in [4.78, 5) is 24.8. The Bertz CT molecular complexity index is 557. The Kier molecular flexibility index (Phi) is 5.25. The number of carbonyl (C=O) groups is 2. The lowest BCUT2D eigenvalue weighted by Crippen LogP contribution is -2.43. The predicted molar refractivity (Wildman–Crippen MR) is 80.2 cm³/mol. The van der Waals surface area contributed by atoms with Crippen molar-refractivity contribution in [2.45, 2.75) is 19.8 Å². The van der Waals surface area contributed by atoms with E-state index in [9.17, 15) is 9.59 Å². The molecule has 1 unspecified atom stereocenters. The molecule has 6 heteroatoms. The van der Waals surface area contributed by atoms with Crippen molar-refractivity contribution >= 4 is 11.9 Å². The van der Waals surface area contributed by atoms with E-state index in [0.717, 1.165) is 17.7 Å². The molecular weight excluding hydrogens is 286 g/mol.